The van der Waals surface area contributed by atoms with Gasteiger partial charge in [0.1, 0.15) is 17.6 Å². The van der Waals surface area contributed by atoms with E-state index in [-0.39, 0.29) is 16.7 Å². The maximum absolute atomic E-state index is 13.2. The number of ketones is 1. The lowest BCUT2D eigenvalue weighted by atomic mass is 9.84. The van der Waals surface area contributed by atoms with E-state index in [0.717, 1.165) is 10.4 Å². The van der Waals surface area contributed by atoms with E-state index in [9.17, 15) is 14.7 Å². The first-order valence-electron chi connectivity index (χ1n) is 10.4. The molecule has 1 atom stereocenters. The van der Waals surface area contributed by atoms with Gasteiger partial charge in [0.25, 0.3) is 11.7 Å². The number of rotatable bonds is 4. The van der Waals surface area contributed by atoms with E-state index in [2.05, 4.69) is 0 Å². The highest BCUT2D eigenvalue weighted by Crippen LogP contribution is 2.44. The number of anilines is 1. The monoisotopic (exact) mass is 481 g/mol. The fourth-order valence-corrected chi connectivity index (χ4v) is 5.05. The van der Waals surface area contributed by atoms with Gasteiger partial charge in [-0.05, 0) is 53.3 Å². The zero-order valence-corrected chi connectivity index (χ0v) is 20.3. The predicted molar refractivity (Wildman–Crippen MR) is 132 cm³/mol. The van der Waals surface area contributed by atoms with Crippen molar-refractivity contribution in [2.45, 2.75) is 32.2 Å². The van der Waals surface area contributed by atoms with Crippen molar-refractivity contribution in [1.29, 1.82) is 0 Å². The number of Topliss-reactive ketones (excluding diaryl/α,β-unsaturated/α-hetero) is 1. The van der Waals surface area contributed by atoms with Crippen molar-refractivity contribution in [3.63, 3.8) is 0 Å². The smallest absolute Gasteiger partial charge is 0.300 e. The number of amides is 1. The number of carbonyl (C=O) groups excluding carboxylic acids is 2. The zero-order chi connectivity index (χ0) is 23.9. The van der Waals surface area contributed by atoms with Gasteiger partial charge in [0.15, 0.2) is 0 Å². The Balaban J connectivity index is 1.93. The number of hydrogen-bond acceptors (Lipinski definition) is 5. The molecule has 1 saturated heterocycles. The number of aliphatic hydroxyl groups is 1. The lowest BCUT2D eigenvalue weighted by molar-refractivity contribution is -0.132. The number of methoxy groups -OCH3 is 1. The number of aliphatic hydroxyl groups excluding tert-OH is 1. The summed E-state index contributed by atoms with van der Waals surface area (Å²) in [4.78, 5) is 28.6. The van der Waals surface area contributed by atoms with E-state index in [1.165, 1.54) is 16.2 Å². The normalized spacial score (nSPS) is 18.1. The Kier molecular flexibility index (Phi) is 6.08. The van der Waals surface area contributed by atoms with E-state index >= 15 is 0 Å². The van der Waals surface area contributed by atoms with Gasteiger partial charge in [0, 0.05) is 26.7 Å². The standard InChI is InChI=1S/C26H24ClNO4S/c1-26(2,3)18-13-15(10-11-19(18)32-4)23(29)21-22(20-9-6-12-33-20)28(25(31)24(21)30)17-8-5-7-16(27)14-17/h5-14,22,29H,1-4H3/b23-21-. The molecular weight excluding hydrogens is 458 g/mol. The summed E-state index contributed by atoms with van der Waals surface area (Å²) in [6.07, 6.45) is 0. The van der Waals surface area contributed by atoms with E-state index in [4.69, 9.17) is 16.3 Å². The molecule has 1 fully saturated rings. The van der Waals surface area contributed by atoms with Crippen molar-refractivity contribution < 1.29 is 19.4 Å². The summed E-state index contributed by atoms with van der Waals surface area (Å²) in [5, 5.41) is 13.7. The molecule has 1 unspecified atom stereocenters. The number of nitrogens with zero attached hydrogens (tertiary/aromatic N) is 1. The summed E-state index contributed by atoms with van der Waals surface area (Å²) >= 11 is 7.58. The van der Waals surface area contributed by atoms with Gasteiger partial charge in [-0.25, -0.2) is 0 Å². The van der Waals surface area contributed by atoms with Gasteiger partial charge >= 0.3 is 0 Å². The van der Waals surface area contributed by atoms with Crippen LogP contribution in [-0.4, -0.2) is 23.9 Å². The number of carbonyl (C=O) groups is 2. The second kappa shape index (κ2) is 8.69. The maximum Gasteiger partial charge on any atom is 0.300 e. The number of thiophene rings is 1. The van der Waals surface area contributed by atoms with Crippen LogP contribution in [0, 0.1) is 0 Å². The van der Waals surface area contributed by atoms with E-state index in [1.54, 1.807) is 43.5 Å². The molecule has 4 rings (SSSR count). The molecular formula is C26H24ClNO4S. The Morgan fingerprint density at radius 1 is 1.09 bits per heavy atom. The average molecular weight is 482 g/mol. The second-order valence-electron chi connectivity index (χ2n) is 8.83. The van der Waals surface area contributed by atoms with Gasteiger partial charge < -0.3 is 9.84 Å². The summed E-state index contributed by atoms with van der Waals surface area (Å²) < 4.78 is 5.50. The Bertz CT molecular complexity index is 1260. The highest BCUT2D eigenvalue weighted by molar-refractivity contribution is 7.10. The summed E-state index contributed by atoms with van der Waals surface area (Å²) in [6, 6.07) is 15.0. The SMILES string of the molecule is COc1ccc(/C(O)=C2/C(=O)C(=O)N(c3cccc(Cl)c3)C2c2cccs2)cc1C(C)(C)C. The Labute approximate surface area is 201 Å². The molecule has 2 aromatic carbocycles. The fourth-order valence-electron chi connectivity index (χ4n) is 4.04. The largest absolute Gasteiger partial charge is 0.507 e. The summed E-state index contributed by atoms with van der Waals surface area (Å²) in [5.41, 5.74) is 1.61. The minimum Gasteiger partial charge on any atom is -0.507 e. The van der Waals surface area contributed by atoms with Crippen LogP contribution in [-0.2, 0) is 15.0 Å². The van der Waals surface area contributed by atoms with Crippen LogP contribution in [0.5, 0.6) is 5.75 Å². The number of ether oxygens (including phenoxy) is 1. The summed E-state index contributed by atoms with van der Waals surface area (Å²) in [7, 11) is 1.59. The third-order valence-corrected chi connectivity index (χ3v) is 6.78. The molecule has 1 aliphatic rings. The van der Waals surface area contributed by atoms with Crippen LogP contribution < -0.4 is 9.64 Å². The molecule has 0 saturated carbocycles. The van der Waals surface area contributed by atoms with Crippen molar-refractivity contribution in [3.05, 3.63) is 86.6 Å². The van der Waals surface area contributed by atoms with Crippen LogP contribution in [0.4, 0.5) is 5.69 Å². The minimum atomic E-state index is -0.761. The molecule has 5 nitrogen and oxygen atoms in total. The van der Waals surface area contributed by atoms with Crippen molar-refractivity contribution in [2.75, 3.05) is 12.0 Å². The van der Waals surface area contributed by atoms with Gasteiger partial charge in [0.2, 0.25) is 0 Å². The predicted octanol–water partition coefficient (Wildman–Crippen LogP) is 6.33. The molecule has 3 aromatic rings. The van der Waals surface area contributed by atoms with E-state index in [0.29, 0.717) is 22.0 Å². The highest BCUT2D eigenvalue weighted by Gasteiger charge is 2.47. The fraction of sp³-hybridized carbons (Fsp3) is 0.231. The minimum absolute atomic E-state index is 0.0486. The molecule has 1 aromatic heterocycles. The van der Waals surface area contributed by atoms with Gasteiger partial charge in [-0.1, -0.05) is 44.5 Å². The van der Waals surface area contributed by atoms with Crippen molar-refractivity contribution in [3.8, 4) is 5.75 Å². The molecule has 0 bridgehead atoms. The molecule has 1 N–H and O–H groups in total. The number of halogens is 1. The van der Waals surface area contributed by atoms with Crippen molar-refractivity contribution in [2.24, 2.45) is 0 Å². The number of hydrogen-bond donors (Lipinski definition) is 1. The van der Waals surface area contributed by atoms with E-state index in [1.807, 2.05) is 44.4 Å². The molecule has 0 aliphatic carbocycles. The summed E-state index contributed by atoms with van der Waals surface area (Å²) in [6.45, 7) is 6.12. The second-order valence-corrected chi connectivity index (χ2v) is 10.2. The third-order valence-electron chi connectivity index (χ3n) is 5.62. The first-order chi connectivity index (χ1) is 15.6. The van der Waals surface area contributed by atoms with Crippen LogP contribution in [0.15, 0.2) is 65.6 Å². The Morgan fingerprint density at radius 2 is 1.85 bits per heavy atom. The van der Waals surface area contributed by atoms with Crippen LogP contribution in [0.3, 0.4) is 0 Å². The van der Waals surface area contributed by atoms with Crippen LogP contribution >= 0.6 is 22.9 Å². The molecule has 0 spiro atoms. The molecule has 1 aliphatic heterocycles. The Morgan fingerprint density at radius 3 is 2.45 bits per heavy atom. The van der Waals surface area contributed by atoms with E-state index < -0.39 is 17.7 Å². The zero-order valence-electron chi connectivity index (χ0n) is 18.8. The van der Waals surface area contributed by atoms with Crippen LogP contribution in [0.2, 0.25) is 5.02 Å². The molecule has 0 radical (unpaired) electrons. The van der Waals surface area contributed by atoms with Crippen LogP contribution in [0.25, 0.3) is 5.76 Å². The quantitative estimate of drug-likeness (QED) is 0.268. The van der Waals surface area contributed by atoms with Gasteiger partial charge in [0.05, 0.1) is 12.7 Å². The average Bonchev–Trinajstić information content (AvgIpc) is 3.39. The molecule has 7 heteroatoms. The lowest BCUT2D eigenvalue weighted by Gasteiger charge is -2.25. The molecule has 1 amide bonds. The van der Waals surface area contributed by atoms with Gasteiger partial charge in [-0.2, -0.15) is 0 Å². The maximum atomic E-state index is 13.2. The van der Waals surface area contributed by atoms with Gasteiger partial charge in [-0.3, -0.25) is 14.5 Å². The molecule has 33 heavy (non-hydrogen) atoms. The topological polar surface area (TPSA) is 66.8 Å². The third kappa shape index (κ3) is 4.16. The number of benzene rings is 2. The van der Waals surface area contributed by atoms with Crippen molar-refractivity contribution in [1.82, 2.24) is 0 Å². The molecule has 2 heterocycles. The first kappa shape index (κ1) is 23.1. The Hall–Kier alpha value is -3.09. The first-order valence-corrected chi connectivity index (χ1v) is 11.7. The van der Waals surface area contributed by atoms with Crippen molar-refractivity contribution >= 4 is 46.1 Å². The highest BCUT2D eigenvalue weighted by atomic mass is 35.5. The summed E-state index contributed by atoms with van der Waals surface area (Å²) in [5.74, 6) is -0.974. The van der Waals surface area contributed by atoms with Gasteiger partial charge in [-0.15, -0.1) is 11.3 Å². The lowest BCUT2D eigenvalue weighted by Crippen LogP contribution is -2.29. The molecule has 170 valence electrons. The van der Waals surface area contributed by atoms with Crippen LogP contribution in [0.1, 0.15) is 42.8 Å².